The Morgan fingerprint density at radius 3 is 2.23 bits per heavy atom. The van der Waals surface area contributed by atoms with Crippen LogP contribution in [-0.4, -0.2) is 42.5 Å². The summed E-state index contributed by atoms with van der Waals surface area (Å²) >= 11 is 0. The number of aromatic nitrogens is 2. The molecule has 0 radical (unpaired) electrons. The van der Waals surface area contributed by atoms with E-state index in [0.29, 0.717) is 5.89 Å². The van der Waals surface area contributed by atoms with Gasteiger partial charge in [-0.15, -0.1) is 10.2 Å². The van der Waals surface area contributed by atoms with Crippen LogP contribution < -0.4 is 5.73 Å². The summed E-state index contributed by atoms with van der Waals surface area (Å²) in [6.07, 6.45) is 0. The molecule has 2 N–H and O–H groups in total. The third kappa shape index (κ3) is 4.88. The van der Waals surface area contributed by atoms with Crippen molar-refractivity contribution in [3.8, 4) is 11.5 Å². The minimum atomic E-state index is -3.33. The summed E-state index contributed by atoms with van der Waals surface area (Å²) in [6.45, 7) is 5.18. The molecule has 0 fully saturated rings. The number of aliphatic imine (C=N–C) groups is 2. The van der Waals surface area contributed by atoms with E-state index in [2.05, 4.69) is 20.2 Å². The second-order valence-corrected chi connectivity index (χ2v) is 9.71. The van der Waals surface area contributed by atoms with Crippen LogP contribution in [0.25, 0.3) is 11.5 Å². The van der Waals surface area contributed by atoms with E-state index in [4.69, 9.17) is 10.2 Å². The molecule has 3 aromatic rings. The lowest BCUT2D eigenvalue weighted by Gasteiger charge is -2.12. The summed E-state index contributed by atoms with van der Waals surface area (Å²) in [5.74, 6) is 0.671. The van der Waals surface area contributed by atoms with Crippen LogP contribution in [-0.2, 0) is 9.84 Å². The fraction of sp³-hybridized carbons (Fsp3) is 0.273. The molecule has 2 aromatic carbocycles. The first-order valence-corrected chi connectivity index (χ1v) is 11.3. The summed E-state index contributed by atoms with van der Waals surface area (Å²) in [4.78, 5) is 8.93. The van der Waals surface area contributed by atoms with Gasteiger partial charge in [-0.1, -0.05) is 30.3 Å². The first-order chi connectivity index (χ1) is 14.7. The molecule has 1 aromatic heterocycles. The molecule has 0 saturated heterocycles. The standard InChI is InChI=1S/C22H25N5O3S/c1-14(2)31(28,29)18-12-10-16(11-13-18)15(3)25-19(20(23)24-4)22-27-26-21(30-22)17-8-6-5-7-9-17/h5-15H,1-4H3,(H2,23,24). The van der Waals surface area contributed by atoms with Gasteiger partial charge in [0.05, 0.1) is 16.2 Å². The Bertz CT molecular complexity index is 1200. The molecule has 8 nitrogen and oxygen atoms in total. The third-order valence-corrected chi connectivity index (χ3v) is 6.94. The van der Waals surface area contributed by atoms with Crippen molar-refractivity contribution in [3.63, 3.8) is 0 Å². The Morgan fingerprint density at radius 2 is 1.65 bits per heavy atom. The van der Waals surface area contributed by atoms with E-state index in [1.54, 1.807) is 45.2 Å². The zero-order valence-corrected chi connectivity index (χ0v) is 18.7. The maximum atomic E-state index is 12.3. The van der Waals surface area contributed by atoms with Gasteiger partial charge in [0.25, 0.3) is 5.89 Å². The zero-order chi connectivity index (χ0) is 22.6. The smallest absolute Gasteiger partial charge is 0.270 e. The van der Waals surface area contributed by atoms with Crippen molar-refractivity contribution in [2.45, 2.75) is 37.0 Å². The largest absolute Gasteiger partial charge is 0.414 e. The van der Waals surface area contributed by atoms with Crippen molar-refractivity contribution in [1.29, 1.82) is 0 Å². The van der Waals surface area contributed by atoms with Crippen LogP contribution >= 0.6 is 0 Å². The fourth-order valence-corrected chi connectivity index (χ4v) is 3.89. The van der Waals surface area contributed by atoms with Crippen LogP contribution in [0.4, 0.5) is 0 Å². The molecule has 9 heteroatoms. The highest BCUT2D eigenvalue weighted by molar-refractivity contribution is 7.92. The van der Waals surface area contributed by atoms with Crippen molar-refractivity contribution < 1.29 is 12.8 Å². The molecule has 0 bridgehead atoms. The highest BCUT2D eigenvalue weighted by atomic mass is 32.2. The second-order valence-electron chi connectivity index (χ2n) is 7.20. The van der Waals surface area contributed by atoms with E-state index in [-0.39, 0.29) is 28.4 Å². The minimum absolute atomic E-state index is 0.160. The van der Waals surface area contributed by atoms with E-state index in [0.717, 1.165) is 11.1 Å². The highest BCUT2D eigenvalue weighted by Crippen LogP contribution is 2.23. The van der Waals surface area contributed by atoms with Crippen molar-refractivity contribution in [2.24, 2.45) is 15.7 Å². The van der Waals surface area contributed by atoms with Crippen molar-refractivity contribution in [1.82, 2.24) is 10.2 Å². The highest BCUT2D eigenvalue weighted by Gasteiger charge is 2.21. The molecule has 0 amide bonds. The van der Waals surface area contributed by atoms with E-state index in [9.17, 15) is 8.42 Å². The van der Waals surface area contributed by atoms with E-state index >= 15 is 0 Å². The lowest BCUT2D eigenvalue weighted by atomic mass is 10.1. The molecule has 1 atom stereocenters. The van der Waals surface area contributed by atoms with Gasteiger partial charge in [-0.05, 0) is 50.6 Å². The molecule has 162 valence electrons. The number of hydrogen-bond donors (Lipinski definition) is 1. The molecule has 0 spiro atoms. The monoisotopic (exact) mass is 439 g/mol. The van der Waals surface area contributed by atoms with Crippen molar-refractivity contribution >= 4 is 21.4 Å². The molecule has 1 heterocycles. The molecule has 0 aliphatic carbocycles. The van der Waals surface area contributed by atoms with Gasteiger partial charge in [-0.25, -0.2) is 8.42 Å². The molecule has 0 saturated carbocycles. The van der Waals surface area contributed by atoms with Crippen LogP contribution in [0.1, 0.15) is 38.3 Å². The number of rotatable bonds is 7. The number of nitrogens with two attached hydrogens (primary N) is 1. The molecular formula is C22H25N5O3S. The average Bonchev–Trinajstić information content (AvgIpc) is 3.27. The van der Waals surface area contributed by atoms with Crippen LogP contribution in [0.2, 0.25) is 0 Å². The number of benzene rings is 2. The number of hydrogen-bond acceptors (Lipinski definition) is 7. The Kier molecular flexibility index (Phi) is 6.65. The molecule has 0 aliphatic heterocycles. The van der Waals surface area contributed by atoms with Crippen molar-refractivity contribution in [2.75, 3.05) is 7.05 Å². The summed E-state index contributed by atoms with van der Waals surface area (Å²) in [5.41, 5.74) is 7.92. The van der Waals surface area contributed by atoms with Gasteiger partial charge in [0.15, 0.2) is 15.5 Å². The predicted molar refractivity (Wildman–Crippen MR) is 121 cm³/mol. The van der Waals surface area contributed by atoms with Gasteiger partial charge in [-0.3, -0.25) is 9.98 Å². The lowest BCUT2D eigenvalue weighted by Crippen LogP contribution is -2.26. The molecular weight excluding hydrogens is 414 g/mol. The van der Waals surface area contributed by atoms with Crippen LogP contribution in [0.15, 0.2) is 73.9 Å². The van der Waals surface area contributed by atoms with Gasteiger partial charge in [0.1, 0.15) is 5.84 Å². The van der Waals surface area contributed by atoms with Gasteiger partial charge < -0.3 is 10.2 Å². The Morgan fingerprint density at radius 1 is 1.00 bits per heavy atom. The number of sulfone groups is 1. The average molecular weight is 440 g/mol. The summed E-state index contributed by atoms with van der Waals surface area (Å²) in [6, 6.07) is 15.7. The van der Waals surface area contributed by atoms with E-state index in [1.165, 1.54) is 0 Å². The predicted octanol–water partition coefficient (Wildman–Crippen LogP) is 3.46. The Labute approximate surface area is 181 Å². The molecule has 31 heavy (non-hydrogen) atoms. The summed E-state index contributed by atoms with van der Waals surface area (Å²) < 4.78 is 30.5. The second kappa shape index (κ2) is 9.22. The third-order valence-electron chi connectivity index (χ3n) is 4.77. The number of amidine groups is 1. The van der Waals surface area contributed by atoms with Crippen LogP contribution in [0.3, 0.4) is 0 Å². The SMILES string of the molecule is CN=C(N)C(=NC(C)c1ccc(S(=O)(=O)C(C)C)cc1)c1nnc(-c2ccccc2)o1. The Balaban J connectivity index is 1.93. The van der Waals surface area contributed by atoms with Gasteiger partial charge in [0, 0.05) is 12.6 Å². The van der Waals surface area contributed by atoms with Crippen LogP contribution in [0, 0.1) is 0 Å². The molecule has 0 aliphatic rings. The van der Waals surface area contributed by atoms with Gasteiger partial charge in [-0.2, -0.15) is 0 Å². The lowest BCUT2D eigenvalue weighted by molar-refractivity contribution is 0.558. The molecule has 3 rings (SSSR count). The molecule has 1 unspecified atom stereocenters. The maximum Gasteiger partial charge on any atom is 0.270 e. The first kappa shape index (κ1) is 22.4. The van der Waals surface area contributed by atoms with E-state index in [1.807, 2.05) is 37.3 Å². The summed E-state index contributed by atoms with van der Waals surface area (Å²) in [5, 5.41) is 7.68. The summed E-state index contributed by atoms with van der Waals surface area (Å²) in [7, 11) is -1.78. The van der Waals surface area contributed by atoms with Crippen molar-refractivity contribution in [3.05, 3.63) is 66.1 Å². The Hall–Kier alpha value is -3.33. The van der Waals surface area contributed by atoms with Gasteiger partial charge in [0.2, 0.25) is 5.89 Å². The fourth-order valence-electron chi connectivity index (χ4n) is 2.83. The maximum absolute atomic E-state index is 12.3. The topological polar surface area (TPSA) is 124 Å². The normalized spacial score (nSPS) is 14.1. The van der Waals surface area contributed by atoms with Crippen LogP contribution in [0.5, 0.6) is 0 Å². The minimum Gasteiger partial charge on any atom is -0.414 e. The van der Waals surface area contributed by atoms with Gasteiger partial charge >= 0.3 is 0 Å². The zero-order valence-electron chi connectivity index (χ0n) is 17.9. The number of nitrogens with zero attached hydrogens (tertiary/aromatic N) is 4. The first-order valence-electron chi connectivity index (χ1n) is 9.77. The quantitative estimate of drug-likeness (QED) is 0.444. The van der Waals surface area contributed by atoms with E-state index < -0.39 is 15.1 Å².